The van der Waals surface area contributed by atoms with E-state index in [1.807, 2.05) is 0 Å². The van der Waals surface area contributed by atoms with Gasteiger partial charge in [-0.1, -0.05) is 12.1 Å². The van der Waals surface area contributed by atoms with Crippen LogP contribution in [0.4, 0.5) is 11.4 Å². The summed E-state index contributed by atoms with van der Waals surface area (Å²) in [6.07, 6.45) is 1.54. The maximum absolute atomic E-state index is 12.2. The van der Waals surface area contributed by atoms with Gasteiger partial charge in [0.1, 0.15) is 0 Å². The molecular formula is C21H17N3O5. The van der Waals surface area contributed by atoms with Gasteiger partial charge in [-0.25, -0.2) is 4.79 Å². The zero-order chi connectivity index (χ0) is 20.2. The minimum atomic E-state index is -0.490. The van der Waals surface area contributed by atoms with Gasteiger partial charge in [-0.05, 0) is 48.5 Å². The number of benzene rings is 2. The van der Waals surface area contributed by atoms with Crippen LogP contribution < -0.4 is 16.4 Å². The van der Waals surface area contributed by atoms with Crippen molar-refractivity contribution in [3.63, 3.8) is 0 Å². The number of aromatic nitrogens is 1. The minimum absolute atomic E-state index is 0.112. The molecule has 0 saturated heterocycles. The highest BCUT2D eigenvalue weighted by atomic mass is 16.4. The molecule has 146 valence electrons. The van der Waals surface area contributed by atoms with Crippen LogP contribution in [0.1, 0.15) is 17.0 Å². The Balaban J connectivity index is 1.34. The molecule has 2 aromatic carbocycles. The summed E-state index contributed by atoms with van der Waals surface area (Å²) in [5.74, 6) is -0.876. The summed E-state index contributed by atoms with van der Waals surface area (Å²) < 4.78 is 11.6. The van der Waals surface area contributed by atoms with Crippen molar-refractivity contribution in [3.8, 4) is 0 Å². The van der Waals surface area contributed by atoms with Crippen molar-refractivity contribution in [3.05, 3.63) is 83.2 Å². The highest BCUT2D eigenvalue weighted by molar-refractivity contribution is 6.02. The molecule has 2 heterocycles. The Kier molecular flexibility index (Phi) is 4.98. The Morgan fingerprint density at radius 1 is 0.897 bits per heavy atom. The highest BCUT2D eigenvalue weighted by Crippen LogP contribution is 2.16. The molecule has 29 heavy (non-hydrogen) atoms. The Morgan fingerprint density at radius 2 is 1.62 bits per heavy atom. The number of carbonyl (C=O) groups excluding carboxylic acids is 2. The summed E-state index contributed by atoms with van der Waals surface area (Å²) in [6.45, 7) is 0.207. The minimum Gasteiger partial charge on any atom is -0.459 e. The van der Waals surface area contributed by atoms with Crippen LogP contribution >= 0.6 is 0 Å². The zero-order valence-electron chi connectivity index (χ0n) is 15.3. The van der Waals surface area contributed by atoms with Crippen molar-refractivity contribution >= 4 is 34.3 Å². The second-order valence-electron chi connectivity index (χ2n) is 6.29. The number of nitrogens with one attached hydrogen (secondary N) is 2. The van der Waals surface area contributed by atoms with E-state index >= 15 is 0 Å². The van der Waals surface area contributed by atoms with Crippen LogP contribution in [-0.2, 0) is 11.3 Å². The van der Waals surface area contributed by atoms with Crippen molar-refractivity contribution in [2.24, 2.45) is 0 Å². The first kappa shape index (κ1) is 18.3. The van der Waals surface area contributed by atoms with Crippen LogP contribution in [0.15, 0.2) is 80.6 Å². The molecule has 2 aromatic heterocycles. The van der Waals surface area contributed by atoms with Gasteiger partial charge in [-0.15, -0.1) is 0 Å². The Morgan fingerprint density at radius 3 is 2.34 bits per heavy atom. The van der Waals surface area contributed by atoms with E-state index in [1.165, 1.54) is 10.8 Å². The molecule has 0 saturated carbocycles. The Bertz CT molecular complexity index is 1200. The lowest BCUT2D eigenvalue weighted by Crippen LogP contribution is -2.19. The van der Waals surface area contributed by atoms with Crippen LogP contribution in [-0.4, -0.2) is 16.4 Å². The lowest BCUT2D eigenvalue weighted by molar-refractivity contribution is -0.116. The number of oxazole rings is 1. The third-order valence-corrected chi connectivity index (χ3v) is 4.31. The largest absolute Gasteiger partial charge is 0.459 e. The fraction of sp³-hybridized carbons (Fsp3) is 0.0952. The maximum Gasteiger partial charge on any atom is 0.419 e. The third-order valence-electron chi connectivity index (χ3n) is 4.31. The van der Waals surface area contributed by atoms with Crippen molar-refractivity contribution in [1.82, 2.24) is 4.57 Å². The SMILES string of the molecule is O=C(CCn1c(=O)oc2ccccc21)Nc1ccc(NC(=O)c2ccco2)cc1. The summed E-state index contributed by atoms with van der Waals surface area (Å²) in [5, 5.41) is 5.46. The van der Waals surface area contributed by atoms with Gasteiger partial charge in [-0.2, -0.15) is 0 Å². The first-order valence-corrected chi connectivity index (χ1v) is 8.93. The first-order chi connectivity index (χ1) is 14.1. The van der Waals surface area contributed by atoms with Crippen LogP contribution in [0.3, 0.4) is 0 Å². The number of furan rings is 1. The van der Waals surface area contributed by atoms with Crippen LogP contribution in [0.25, 0.3) is 11.1 Å². The lowest BCUT2D eigenvalue weighted by atomic mass is 10.2. The molecule has 4 aromatic rings. The first-order valence-electron chi connectivity index (χ1n) is 8.93. The number of hydrogen-bond donors (Lipinski definition) is 2. The van der Waals surface area contributed by atoms with Crippen molar-refractivity contribution in [2.45, 2.75) is 13.0 Å². The van der Waals surface area contributed by atoms with Gasteiger partial charge in [0.25, 0.3) is 5.91 Å². The molecule has 0 aliphatic rings. The molecule has 0 bridgehead atoms. The van der Waals surface area contributed by atoms with Gasteiger partial charge in [-0.3, -0.25) is 14.2 Å². The van der Waals surface area contributed by atoms with Crippen molar-refractivity contribution in [2.75, 3.05) is 10.6 Å². The number of hydrogen-bond acceptors (Lipinski definition) is 5. The summed E-state index contributed by atoms with van der Waals surface area (Å²) in [7, 11) is 0. The van der Waals surface area contributed by atoms with Gasteiger partial charge < -0.3 is 19.5 Å². The average molecular weight is 391 g/mol. The smallest absolute Gasteiger partial charge is 0.419 e. The molecule has 8 heteroatoms. The number of para-hydroxylation sites is 2. The van der Waals surface area contributed by atoms with Gasteiger partial charge in [0, 0.05) is 24.3 Å². The number of nitrogens with zero attached hydrogens (tertiary/aromatic N) is 1. The van der Waals surface area contributed by atoms with Crippen molar-refractivity contribution < 1.29 is 18.4 Å². The molecule has 8 nitrogen and oxygen atoms in total. The van der Waals surface area contributed by atoms with E-state index in [2.05, 4.69) is 10.6 Å². The van der Waals surface area contributed by atoms with Gasteiger partial charge in [0.15, 0.2) is 11.3 Å². The maximum atomic E-state index is 12.2. The average Bonchev–Trinajstić information content (AvgIpc) is 3.35. The molecule has 4 rings (SSSR count). The number of fused-ring (bicyclic) bond motifs is 1. The topological polar surface area (TPSA) is 106 Å². The number of amides is 2. The predicted octanol–water partition coefficient (Wildman–Crippen LogP) is 3.47. The van der Waals surface area contributed by atoms with E-state index in [9.17, 15) is 14.4 Å². The molecule has 0 fully saturated rings. The zero-order valence-corrected chi connectivity index (χ0v) is 15.3. The number of aryl methyl sites for hydroxylation is 1. The molecule has 2 amide bonds. The third kappa shape index (κ3) is 4.11. The summed E-state index contributed by atoms with van der Waals surface area (Å²) in [5.41, 5.74) is 2.29. The molecule has 0 aliphatic heterocycles. The van der Waals surface area contributed by atoms with Gasteiger partial charge >= 0.3 is 5.76 Å². The molecule has 0 unspecified atom stereocenters. The van der Waals surface area contributed by atoms with Crippen LogP contribution in [0.2, 0.25) is 0 Å². The molecule has 0 atom stereocenters. The second kappa shape index (κ2) is 7.89. The van der Waals surface area contributed by atoms with E-state index in [0.717, 1.165) is 0 Å². The Hall–Kier alpha value is -4.07. The number of anilines is 2. The second-order valence-corrected chi connectivity index (χ2v) is 6.29. The van der Waals surface area contributed by atoms with E-state index in [-0.39, 0.29) is 30.5 Å². The molecule has 2 N–H and O–H groups in total. The fourth-order valence-electron chi connectivity index (χ4n) is 2.90. The summed E-state index contributed by atoms with van der Waals surface area (Å²) in [4.78, 5) is 36.1. The molecule has 0 radical (unpaired) electrons. The summed E-state index contributed by atoms with van der Waals surface area (Å²) >= 11 is 0. The van der Waals surface area contributed by atoms with E-state index in [1.54, 1.807) is 60.7 Å². The monoisotopic (exact) mass is 391 g/mol. The fourth-order valence-corrected chi connectivity index (χ4v) is 2.90. The number of carbonyl (C=O) groups is 2. The quantitative estimate of drug-likeness (QED) is 0.523. The number of rotatable bonds is 6. The van der Waals surface area contributed by atoms with Crippen LogP contribution in [0.5, 0.6) is 0 Å². The van der Waals surface area contributed by atoms with Gasteiger partial charge in [0.2, 0.25) is 5.91 Å². The lowest BCUT2D eigenvalue weighted by Gasteiger charge is -2.08. The molecule has 0 aliphatic carbocycles. The molecule has 0 spiro atoms. The van der Waals surface area contributed by atoms with E-state index in [4.69, 9.17) is 8.83 Å². The normalized spacial score (nSPS) is 10.8. The van der Waals surface area contributed by atoms with Crippen LogP contribution in [0, 0.1) is 0 Å². The van der Waals surface area contributed by atoms with E-state index < -0.39 is 5.76 Å². The molecular weight excluding hydrogens is 374 g/mol. The van der Waals surface area contributed by atoms with Gasteiger partial charge in [0.05, 0.1) is 11.8 Å². The van der Waals surface area contributed by atoms with E-state index in [0.29, 0.717) is 22.5 Å². The summed E-state index contributed by atoms with van der Waals surface area (Å²) in [6, 6.07) is 17.0. The standard InChI is InChI=1S/C21H17N3O5/c25-19(11-12-24-16-4-1-2-5-17(16)29-21(24)27)22-14-7-9-15(10-8-14)23-20(26)18-6-3-13-28-18/h1-10,13H,11-12H2,(H,22,25)(H,23,26). The highest BCUT2D eigenvalue weighted by Gasteiger charge is 2.11. The predicted molar refractivity (Wildman–Crippen MR) is 107 cm³/mol. The Labute approximate surface area is 164 Å². The van der Waals surface area contributed by atoms with Crippen molar-refractivity contribution in [1.29, 1.82) is 0 Å².